The molecule has 0 radical (unpaired) electrons. The van der Waals surface area contributed by atoms with E-state index in [0.29, 0.717) is 12.8 Å². The van der Waals surface area contributed by atoms with Crippen molar-refractivity contribution in [3.63, 3.8) is 0 Å². The van der Waals surface area contributed by atoms with Crippen molar-refractivity contribution in [2.24, 2.45) is 5.73 Å². The van der Waals surface area contributed by atoms with Crippen molar-refractivity contribution in [1.82, 2.24) is 0 Å². The van der Waals surface area contributed by atoms with Crippen LogP contribution in [0.3, 0.4) is 0 Å². The van der Waals surface area contributed by atoms with Gasteiger partial charge in [0.25, 0.3) is 0 Å². The monoisotopic (exact) mass is 209 g/mol. The molecule has 0 aromatic heterocycles. The van der Waals surface area contributed by atoms with Gasteiger partial charge in [-0.05, 0) is 36.8 Å². The fourth-order valence-corrected chi connectivity index (χ4v) is 1.84. The number of ether oxygens (including phenoxy) is 1. The van der Waals surface area contributed by atoms with Gasteiger partial charge in [-0.1, -0.05) is 13.0 Å². The normalized spacial score (nSPS) is 16.3. The highest BCUT2D eigenvalue weighted by atomic mass is 16.5. The van der Waals surface area contributed by atoms with Gasteiger partial charge in [-0.15, -0.1) is 0 Å². The summed E-state index contributed by atoms with van der Waals surface area (Å²) in [6, 6.07) is 0. The zero-order valence-corrected chi connectivity index (χ0v) is 9.51. The summed E-state index contributed by atoms with van der Waals surface area (Å²) < 4.78 is 4.61. The van der Waals surface area contributed by atoms with E-state index < -0.39 is 0 Å². The molecule has 3 heteroatoms. The number of carbonyl (C=O) groups is 1. The van der Waals surface area contributed by atoms with Crippen LogP contribution in [0, 0.1) is 0 Å². The van der Waals surface area contributed by atoms with Crippen LogP contribution < -0.4 is 5.73 Å². The van der Waals surface area contributed by atoms with Crippen LogP contribution in [0.15, 0.2) is 22.9 Å². The molecule has 84 valence electrons. The minimum Gasteiger partial charge on any atom is -0.469 e. The Bertz CT molecular complexity index is 303. The van der Waals surface area contributed by atoms with Gasteiger partial charge in [0.1, 0.15) is 0 Å². The lowest BCUT2D eigenvalue weighted by molar-refractivity contribution is -0.140. The van der Waals surface area contributed by atoms with E-state index in [4.69, 9.17) is 5.73 Å². The van der Waals surface area contributed by atoms with Crippen LogP contribution in [0.4, 0.5) is 0 Å². The topological polar surface area (TPSA) is 52.3 Å². The second-order valence-electron chi connectivity index (χ2n) is 3.71. The maximum Gasteiger partial charge on any atom is 0.305 e. The van der Waals surface area contributed by atoms with Crippen molar-refractivity contribution in [1.29, 1.82) is 0 Å². The smallest absolute Gasteiger partial charge is 0.305 e. The Hall–Kier alpha value is -1.25. The molecule has 0 aliphatic heterocycles. The number of nitrogens with two attached hydrogens (primary N) is 1. The molecule has 1 aliphatic rings. The summed E-state index contributed by atoms with van der Waals surface area (Å²) in [5, 5.41) is 0. The number of esters is 1. The van der Waals surface area contributed by atoms with Crippen molar-refractivity contribution < 1.29 is 9.53 Å². The minimum absolute atomic E-state index is 0.174. The fourth-order valence-electron chi connectivity index (χ4n) is 1.84. The Kier molecular flexibility index (Phi) is 4.40. The first-order valence-electron chi connectivity index (χ1n) is 5.42. The molecule has 15 heavy (non-hydrogen) atoms. The first-order valence-corrected chi connectivity index (χ1v) is 5.42. The summed E-state index contributed by atoms with van der Waals surface area (Å²) in [6.07, 6.45) is 6.35. The Balaban J connectivity index is 2.59. The zero-order valence-electron chi connectivity index (χ0n) is 9.51. The van der Waals surface area contributed by atoms with E-state index in [1.165, 1.54) is 12.7 Å². The number of hydrogen-bond acceptors (Lipinski definition) is 3. The quantitative estimate of drug-likeness (QED) is 0.723. The second kappa shape index (κ2) is 5.59. The molecule has 0 spiro atoms. The van der Waals surface area contributed by atoms with E-state index in [1.807, 2.05) is 0 Å². The van der Waals surface area contributed by atoms with Gasteiger partial charge >= 0.3 is 5.97 Å². The molecule has 0 saturated heterocycles. The van der Waals surface area contributed by atoms with Gasteiger partial charge < -0.3 is 10.5 Å². The Morgan fingerprint density at radius 2 is 2.33 bits per heavy atom. The molecule has 0 fully saturated rings. The van der Waals surface area contributed by atoms with Crippen molar-refractivity contribution in [3.05, 3.63) is 22.9 Å². The zero-order chi connectivity index (χ0) is 11.3. The summed E-state index contributed by atoms with van der Waals surface area (Å²) in [4.78, 5) is 11.0. The molecule has 0 aromatic carbocycles. The van der Waals surface area contributed by atoms with Crippen molar-refractivity contribution in [3.8, 4) is 0 Å². The highest BCUT2D eigenvalue weighted by molar-refractivity contribution is 5.69. The van der Waals surface area contributed by atoms with E-state index in [2.05, 4.69) is 17.7 Å². The highest BCUT2D eigenvalue weighted by Crippen LogP contribution is 2.26. The average Bonchev–Trinajstić information content (AvgIpc) is 2.27. The van der Waals surface area contributed by atoms with E-state index in [-0.39, 0.29) is 5.97 Å². The first kappa shape index (κ1) is 11.8. The van der Waals surface area contributed by atoms with Gasteiger partial charge in [-0.2, -0.15) is 0 Å². The molecule has 0 unspecified atom stereocenters. The molecule has 2 N–H and O–H groups in total. The molecule has 0 saturated carbocycles. The Morgan fingerprint density at radius 3 is 2.93 bits per heavy atom. The van der Waals surface area contributed by atoms with Gasteiger partial charge in [-0.3, -0.25) is 4.79 Å². The number of hydrogen-bond donors (Lipinski definition) is 1. The van der Waals surface area contributed by atoms with E-state index >= 15 is 0 Å². The largest absolute Gasteiger partial charge is 0.469 e. The van der Waals surface area contributed by atoms with Gasteiger partial charge in [-0.25, -0.2) is 0 Å². The third-order valence-electron chi connectivity index (χ3n) is 2.82. The first-order chi connectivity index (χ1) is 7.19. The predicted octanol–water partition coefficient (Wildman–Crippen LogP) is 2.28. The summed E-state index contributed by atoms with van der Waals surface area (Å²) in [7, 11) is 1.41. The lowest BCUT2D eigenvalue weighted by Gasteiger charge is -2.17. The predicted molar refractivity (Wildman–Crippen MR) is 60.1 cm³/mol. The molecule has 0 atom stereocenters. The summed E-state index contributed by atoms with van der Waals surface area (Å²) >= 11 is 0. The molecule has 0 amide bonds. The maximum absolute atomic E-state index is 11.0. The van der Waals surface area contributed by atoms with Crippen LogP contribution in [-0.4, -0.2) is 13.1 Å². The van der Waals surface area contributed by atoms with Crippen LogP contribution in [0.2, 0.25) is 0 Å². The number of rotatable bonds is 4. The van der Waals surface area contributed by atoms with Crippen molar-refractivity contribution in [2.75, 3.05) is 7.11 Å². The highest BCUT2D eigenvalue weighted by Gasteiger charge is 2.13. The number of methoxy groups -OCH3 is 1. The Morgan fingerprint density at radius 1 is 1.60 bits per heavy atom. The van der Waals surface area contributed by atoms with Crippen LogP contribution in [0.25, 0.3) is 0 Å². The summed E-state index contributed by atoms with van der Waals surface area (Å²) in [5.74, 6) is -0.174. The van der Waals surface area contributed by atoms with Crippen molar-refractivity contribution in [2.45, 2.75) is 39.0 Å². The van der Waals surface area contributed by atoms with Crippen LogP contribution in [0.5, 0.6) is 0 Å². The third kappa shape index (κ3) is 3.11. The van der Waals surface area contributed by atoms with E-state index in [0.717, 1.165) is 30.5 Å². The molecule has 1 aliphatic carbocycles. The molecule has 0 heterocycles. The standard InChI is InChI=1S/C12H19NO2/c1-3-9-5-4-6-10(12(9)13)7-8-11(14)15-2/h6H,3-5,7-8,13H2,1-2H3. The van der Waals surface area contributed by atoms with Gasteiger partial charge in [0.15, 0.2) is 0 Å². The molecule has 3 nitrogen and oxygen atoms in total. The van der Waals surface area contributed by atoms with Gasteiger partial charge in [0, 0.05) is 12.1 Å². The summed E-state index contributed by atoms with van der Waals surface area (Å²) in [6.45, 7) is 2.12. The average molecular weight is 209 g/mol. The molecular formula is C12H19NO2. The molecule has 1 rings (SSSR count). The van der Waals surface area contributed by atoms with Gasteiger partial charge in [0.2, 0.25) is 0 Å². The van der Waals surface area contributed by atoms with E-state index in [9.17, 15) is 4.79 Å². The van der Waals surface area contributed by atoms with Crippen LogP contribution in [0.1, 0.15) is 39.0 Å². The maximum atomic E-state index is 11.0. The SMILES string of the molecule is CCC1=C(N)C(CCC(=O)OC)=CCC1. The number of carbonyl (C=O) groups excluding carboxylic acids is 1. The second-order valence-corrected chi connectivity index (χ2v) is 3.71. The van der Waals surface area contributed by atoms with Crippen molar-refractivity contribution >= 4 is 5.97 Å². The molecule has 0 aromatic rings. The molecular weight excluding hydrogens is 190 g/mol. The Labute approximate surface area is 91.0 Å². The molecule has 0 bridgehead atoms. The van der Waals surface area contributed by atoms with E-state index in [1.54, 1.807) is 0 Å². The minimum atomic E-state index is -0.174. The summed E-state index contributed by atoms with van der Waals surface area (Å²) in [5.41, 5.74) is 9.35. The van der Waals surface area contributed by atoms with Gasteiger partial charge in [0.05, 0.1) is 7.11 Å². The lowest BCUT2D eigenvalue weighted by atomic mass is 9.92. The van der Waals surface area contributed by atoms with Crippen LogP contribution in [-0.2, 0) is 9.53 Å². The lowest BCUT2D eigenvalue weighted by Crippen LogP contribution is -2.11. The fraction of sp³-hybridized carbons (Fsp3) is 0.583. The van der Waals surface area contributed by atoms with Crippen LogP contribution >= 0.6 is 0 Å². The number of allylic oxidation sites excluding steroid dienone is 3. The third-order valence-corrected chi connectivity index (χ3v) is 2.82.